The molecule has 78 valence electrons. The Morgan fingerprint density at radius 1 is 1.14 bits per heavy atom. The lowest BCUT2D eigenvalue weighted by Crippen LogP contribution is -2.14. The second-order valence-corrected chi connectivity index (χ2v) is 4.83. The molecule has 14 heavy (non-hydrogen) atoms. The van der Waals surface area contributed by atoms with Gasteiger partial charge >= 0.3 is 0 Å². The molecular weight excluding hydrogens is 170 g/mol. The fourth-order valence-electron chi connectivity index (χ4n) is 1.95. The monoisotopic (exact) mass is 191 g/mol. The third-order valence-corrected chi connectivity index (χ3v) is 2.59. The van der Waals surface area contributed by atoms with Gasteiger partial charge in [0.1, 0.15) is 0 Å². The summed E-state index contributed by atoms with van der Waals surface area (Å²) in [5.74, 6) is 0. The maximum atomic E-state index is 5.65. The van der Waals surface area contributed by atoms with Gasteiger partial charge in [-0.25, -0.2) is 0 Å². The number of nitrogens with two attached hydrogens (primary N) is 1. The van der Waals surface area contributed by atoms with Crippen molar-refractivity contribution in [2.45, 2.75) is 40.0 Å². The van der Waals surface area contributed by atoms with E-state index in [1.54, 1.807) is 0 Å². The van der Waals surface area contributed by atoms with E-state index in [0.29, 0.717) is 5.41 Å². The van der Waals surface area contributed by atoms with Crippen LogP contribution in [0.25, 0.3) is 0 Å². The Morgan fingerprint density at radius 3 is 2.21 bits per heavy atom. The molecule has 0 amide bonds. The molecule has 0 aromatic heterocycles. The van der Waals surface area contributed by atoms with Gasteiger partial charge < -0.3 is 5.73 Å². The molecule has 0 atom stereocenters. The summed E-state index contributed by atoms with van der Waals surface area (Å²) >= 11 is 0. The fourth-order valence-corrected chi connectivity index (χ4v) is 1.95. The molecule has 0 aliphatic carbocycles. The molecule has 0 bridgehead atoms. The lowest BCUT2D eigenvalue weighted by atomic mass is 9.82. The van der Waals surface area contributed by atoms with Crippen LogP contribution in [0.4, 0.5) is 5.69 Å². The van der Waals surface area contributed by atoms with Crippen molar-refractivity contribution in [3.05, 3.63) is 29.8 Å². The lowest BCUT2D eigenvalue weighted by Gasteiger charge is -2.24. The molecule has 0 saturated carbocycles. The van der Waals surface area contributed by atoms with Crippen LogP contribution in [0, 0.1) is 5.41 Å². The zero-order chi connectivity index (χ0) is 10.6. The first-order chi connectivity index (χ1) is 6.53. The maximum Gasteiger partial charge on any atom is 0.0314 e. The van der Waals surface area contributed by atoms with E-state index in [9.17, 15) is 0 Å². The number of benzene rings is 1. The molecule has 0 aliphatic heterocycles. The van der Waals surface area contributed by atoms with Crippen molar-refractivity contribution >= 4 is 5.69 Å². The van der Waals surface area contributed by atoms with E-state index >= 15 is 0 Å². The summed E-state index contributed by atoms with van der Waals surface area (Å²) in [6, 6.07) is 8.23. The highest BCUT2D eigenvalue weighted by Gasteiger charge is 2.16. The molecule has 0 spiro atoms. The van der Waals surface area contributed by atoms with Crippen LogP contribution in [0.2, 0.25) is 0 Å². The van der Waals surface area contributed by atoms with Crippen molar-refractivity contribution in [3.63, 3.8) is 0 Å². The van der Waals surface area contributed by atoms with Crippen LogP contribution >= 0.6 is 0 Å². The largest absolute Gasteiger partial charge is 0.399 e. The van der Waals surface area contributed by atoms with Gasteiger partial charge in [-0.05, 0) is 36.0 Å². The van der Waals surface area contributed by atoms with Crippen LogP contribution in [0.3, 0.4) is 0 Å². The molecule has 0 fully saturated rings. The molecule has 1 aromatic rings. The number of rotatable bonds is 4. The van der Waals surface area contributed by atoms with Gasteiger partial charge in [0, 0.05) is 5.69 Å². The number of nitrogen functional groups attached to an aromatic ring is 1. The first kappa shape index (κ1) is 11.1. The van der Waals surface area contributed by atoms with Gasteiger partial charge in [0.2, 0.25) is 0 Å². The molecule has 0 radical (unpaired) electrons. The third-order valence-electron chi connectivity index (χ3n) is 2.59. The van der Waals surface area contributed by atoms with Crippen LogP contribution in [-0.4, -0.2) is 0 Å². The van der Waals surface area contributed by atoms with Gasteiger partial charge in [0.25, 0.3) is 0 Å². The minimum Gasteiger partial charge on any atom is -0.399 e. The van der Waals surface area contributed by atoms with Gasteiger partial charge in [-0.1, -0.05) is 39.3 Å². The SMILES string of the molecule is CCCC(C)(C)Cc1ccc(N)cc1. The van der Waals surface area contributed by atoms with Gasteiger partial charge in [-0.2, -0.15) is 0 Å². The molecule has 0 aliphatic rings. The summed E-state index contributed by atoms with van der Waals surface area (Å²) in [6.07, 6.45) is 3.67. The number of hydrogen-bond acceptors (Lipinski definition) is 1. The molecule has 0 saturated heterocycles. The van der Waals surface area contributed by atoms with Crippen LogP contribution in [0.1, 0.15) is 39.2 Å². The Kier molecular flexibility index (Phi) is 3.56. The average Bonchev–Trinajstić information content (AvgIpc) is 2.08. The Labute approximate surface area is 87.3 Å². The van der Waals surface area contributed by atoms with Crippen molar-refractivity contribution < 1.29 is 0 Å². The molecule has 1 nitrogen and oxygen atoms in total. The van der Waals surface area contributed by atoms with E-state index < -0.39 is 0 Å². The van der Waals surface area contributed by atoms with Crippen molar-refractivity contribution in [2.75, 3.05) is 5.73 Å². The smallest absolute Gasteiger partial charge is 0.0314 e. The average molecular weight is 191 g/mol. The van der Waals surface area contributed by atoms with Gasteiger partial charge in [-0.3, -0.25) is 0 Å². The minimum absolute atomic E-state index is 0.408. The summed E-state index contributed by atoms with van der Waals surface area (Å²) in [7, 11) is 0. The van der Waals surface area contributed by atoms with Gasteiger partial charge in [0.05, 0.1) is 0 Å². The highest BCUT2D eigenvalue weighted by atomic mass is 14.5. The van der Waals surface area contributed by atoms with Crippen LogP contribution in [-0.2, 0) is 6.42 Å². The Morgan fingerprint density at radius 2 is 1.71 bits per heavy atom. The summed E-state index contributed by atoms with van der Waals surface area (Å²) in [5.41, 5.74) is 8.29. The number of anilines is 1. The van der Waals surface area contributed by atoms with E-state index in [2.05, 4.69) is 32.9 Å². The van der Waals surface area contributed by atoms with Crippen LogP contribution < -0.4 is 5.73 Å². The lowest BCUT2D eigenvalue weighted by molar-refractivity contribution is 0.329. The predicted molar refractivity (Wildman–Crippen MR) is 63.2 cm³/mol. The van der Waals surface area contributed by atoms with Crippen molar-refractivity contribution in [2.24, 2.45) is 5.41 Å². The first-order valence-electron chi connectivity index (χ1n) is 5.38. The second kappa shape index (κ2) is 4.50. The summed E-state index contributed by atoms with van der Waals surface area (Å²) < 4.78 is 0. The standard InChI is InChI=1S/C13H21N/c1-4-9-13(2,3)10-11-5-7-12(14)8-6-11/h5-8H,4,9-10,14H2,1-3H3. The molecule has 0 unspecified atom stereocenters. The molecule has 1 heteroatoms. The van der Waals surface area contributed by atoms with E-state index in [1.807, 2.05) is 12.1 Å². The van der Waals surface area contributed by atoms with E-state index in [4.69, 9.17) is 5.73 Å². The fraction of sp³-hybridized carbons (Fsp3) is 0.538. The summed E-state index contributed by atoms with van der Waals surface area (Å²) in [5, 5.41) is 0. The van der Waals surface area contributed by atoms with Gasteiger partial charge in [-0.15, -0.1) is 0 Å². The Bertz CT molecular complexity index is 272. The zero-order valence-electron chi connectivity index (χ0n) is 9.51. The van der Waals surface area contributed by atoms with Crippen molar-refractivity contribution in [1.29, 1.82) is 0 Å². The molecule has 0 heterocycles. The predicted octanol–water partition coefficient (Wildman–Crippen LogP) is 3.64. The molecule has 1 aromatic carbocycles. The van der Waals surface area contributed by atoms with E-state index in [1.165, 1.54) is 18.4 Å². The van der Waals surface area contributed by atoms with E-state index in [0.717, 1.165) is 12.1 Å². The van der Waals surface area contributed by atoms with Crippen molar-refractivity contribution in [3.8, 4) is 0 Å². The minimum atomic E-state index is 0.408. The number of hydrogen-bond donors (Lipinski definition) is 1. The van der Waals surface area contributed by atoms with Crippen LogP contribution in [0.5, 0.6) is 0 Å². The zero-order valence-corrected chi connectivity index (χ0v) is 9.51. The molecule has 2 N–H and O–H groups in total. The summed E-state index contributed by atoms with van der Waals surface area (Å²) in [6.45, 7) is 6.89. The Balaban J connectivity index is 2.64. The topological polar surface area (TPSA) is 26.0 Å². The van der Waals surface area contributed by atoms with Gasteiger partial charge in [0.15, 0.2) is 0 Å². The second-order valence-electron chi connectivity index (χ2n) is 4.83. The maximum absolute atomic E-state index is 5.65. The third kappa shape index (κ3) is 3.41. The van der Waals surface area contributed by atoms with E-state index in [-0.39, 0.29) is 0 Å². The normalized spacial score (nSPS) is 11.6. The first-order valence-corrected chi connectivity index (χ1v) is 5.38. The van der Waals surface area contributed by atoms with Crippen molar-refractivity contribution in [1.82, 2.24) is 0 Å². The summed E-state index contributed by atoms with van der Waals surface area (Å²) in [4.78, 5) is 0. The molecule has 1 rings (SSSR count). The van der Waals surface area contributed by atoms with Crippen LogP contribution in [0.15, 0.2) is 24.3 Å². The quantitative estimate of drug-likeness (QED) is 0.722. The highest BCUT2D eigenvalue weighted by molar-refractivity contribution is 5.39. The Hall–Kier alpha value is -0.980. The highest BCUT2D eigenvalue weighted by Crippen LogP contribution is 2.27. The molecular formula is C13H21N.